The topological polar surface area (TPSA) is 119 Å². The molecule has 0 atom stereocenters. The summed E-state index contributed by atoms with van der Waals surface area (Å²) < 4.78 is 24.0. The highest BCUT2D eigenvalue weighted by atomic mass is 32.2. The summed E-state index contributed by atoms with van der Waals surface area (Å²) in [7, 11) is -4.01. The fourth-order valence-electron chi connectivity index (χ4n) is 3.25. The van der Waals surface area contributed by atoms with E-state index >= 15 is 0 Å². The van der Waals surface area contributed by atoms with Gasteiger partial charge in [-0.15, -0.1) is 22.7 Å². The third-order valence-electron chi connectivity index (χ3n) is 4.54. The summed E-state index contributed by atoms with van der Waals surface area (Å²) in [5.74, 6) is 0. The zero-order chi connectivity index (χ0) is 20.1. The van der Waals surface area contributed by atoms with Gasteiger partial charge in [0.25, 0.3) is 5.69 Å². The largest absolute Gasteiger partial charge is 0.365 e. The minimum absolute atomic E-state index is 0.105. The number of nitro benzene ring substituents is 1. The molecule has 146 valence electrons. The molecule has 0 saturated heterocycles. The molecular formula is C17H16N4O4S3. The van der Waals surface area contributed by atoms with Gasteiger partial charge in [0.2, 0.25) is 10.0 Å². The summed E-state index contributed by atoms with van der Waals surface area (Å²) in [6.07, 6.45) is 0.718. The van der Waals surface area contributed by atoms with Crippen LogP contribution in [0.5, 0.6) is 0 Å². The molecule has 0 radical (unpaired) electrons. The summed E-state index contributed by atoms with van der Waals surface area (Å²) in [6.45, 7) is 2.96. The fourth-order valence-corrected chi connectivity index (χ4v) is 5.80. The van der Waals surface area contributed by atoms with Crippen molar-refractivity contribution in [3.63, 3.8) is 0 Å². The highest BCUT2D eigenvalue weighted by molar-refractivity contribution is 7.89. The third-order valence-corrected chi connectivity index (χ3v) is 7.53. The first kappa shape index (κ1) is 19.0. The van der Waals surface area contributed by atoms with Crippen LogP contribution < -0.4 is 10.0 Å². The first-order valence-corrected chi connectivity index (χ1v) is 11.6. The Bertz CT molecular complexity index is 1180. The summed E-state index contributed by atoms with van der Waals surface area (Å²) in [5, 5.41) is 19.5. The fraction of sp³-hybridized carbons (Fsp3) is 0.235. The van der Waals surface area contributed by atoms with Gasteiger partial charge in [-0.1, -0.05) is 0 Å². The highest BCUT2D eigenvalue weighted by Crippen LogP contribution is 2.38. The number of aromatic nitrogens is 1. The van der Waals surface area contributed by atoms with Gasteiger partial charge in [-0.05, 0) is 31.0 Å². The van der Waals surface area contributed by atoms with Gasteiger partial charge in [0.15, 0.2) is 0 Å². The number of nitrogens with two attached hydrogens (primary N) is 1. The van der Waals surface area contributed by atoms with Crippen LogP contribution in [0.2, 0.25) is 0 Å². The monoisotopic (exact) mass is 436 g/mol. The standard InChI is InChI=1S/C17H16N4O4S3/c1-10-19-13(9-26-10)16-6-11-8-20(5-4-15(11)27-16)14-7-12(21(22)23)2-3-17(14)28(18,24)25/h2-3,6-7,9H,4-5,8H2,1H3,(H2,18,24,25). The Morgan fingerprint density at radius 3 is 2.75 bits per heavy atom. The van der Waals surface area contributed by atoms with Gasteiger partial charge in [-0.25, -0.2) is 18.5 Å². The number of primary sulfonamides is 1. The van der Waals surface area contributed by atoms with Crippen LogP contribution in [0.25, 0.3) is 10.6 Å². The number of rotatable bonds is 4. The van der Waals surface area contributed by atoms with Gasteiger partial charge in [0.1, 0.15) is 4.90 Å². The molecule has 0 bridgehead atoms. The Morgan fingerprint density at radius 2 is 2.11 bits per heavy atom. The van der Waals surface area contributed by atoms with E-state index < -0.39 is 14.9 Å². The number of hydrogen-bond donors (Lipinski definition) is 1. The quantitative estimate of drug-likeness (QED) is 0.495. The van der Waals surface area contributed by atoms with Crippen molar-refractivity contribution in [3.8, 4) is 10.6 Å². The number of benzene rings is 1. The van der Waals surface area contributed by atoms with Crippen molar-refractivity contribution in [2.24, 2.45) is 5.14 Å². The molecule has 0 saturated carbocycles. The Hall–Kier alpha value is -2.34. The molecule has 0 spiro atoms. The van der Waals surface area contributed by atoms with Crippen molar-refractivity contribution >= 4 is 44.1 Å². The second-order valence-electron chi connectivity index (χ2n) is 6.44. The Morgan fingerprint density at radius 1 is 1.32 bits per heavy atom. The van der Waals surface area contributed by atoms with E-state index in [0.717, 1.165) is 33.6 Å². The van der Waals surface area contributed by atoms with E-state index in [-0.39, 0.29) is 16.3 Å². The lowest BCUT2D eigenvalue weighted by Gasteiger charge is -2.30. The maximum atomic E-state index is 12.0. The van der Waals surface area contributed by atoms with Gasteiger partial charge in [-0.2, -0.15) is 0 Å². The molecule has 2 N–H and O–H groups in total. The normalized spacial score (nSPS) is 14.1. The van der Waals surface area contributed by atoms with E-state index in [9.17, 15) is 18.5 Å². The lowest BCUT2D eigenvalue weighted by Crippen LogP contribution is -2.31. The van der Waals surface area contributed by atoms with Crippen LogP contribution in [-0.2, 0) is 23.0 Å². The SMILES string of the molecule is Cc1nc(-c2cc3c(s2)CCN(c2cc([N+](=O)[O-])ccc2S(N)(=O)=O)C3)cs1. The molecular weight excluding hydrogens is 420 g/mol. The van der Waals surface area contributed by atoms with Crippen LogP contribution in [0.1, 0.15) is 15.4 Å². The second-order valence-corrected chi connectivity index (χ2v) is 10.2. The smallest absolute Gasteiger partial charge is 0.271 e. The number of hydrogen-bond acceptors (Lipinski definition) is 8. The number of thiophene rings is 1. The average molecular weight is 437 g/mol. The van der Waals surface area contributed by atoms with Gasteiger partial charge >= 0.3 is 0 Å². The molecule has 1 aliphatic rings. The maximum absolute atomic E-state index is 12.0. The molecule has 3 aromatic rings. The number of sulfonamides is 1. The van der Waals surface area contributed by atoms with Crippen LogP contribution in [-0.4, -0.2) is 24.9 Å². The van der Waals surface area contributed by atoms with Crippen LogP contribution in [0.15, 0.2) is 34.5 Å². The lowest BCUT2D eigenvalue weighted by atomic mass is 10.1. The average Bonchev–Trinajstić information content (AvgIpc) is 3.25. The minimum Gasteiger partial charge on any atom is -0.365 e. The molecule has 2 aromatic heterocycles. The molecule has 0 aliphatic carbocycles. The zero-order valence-electron chi connectivity index (χ0n) is 14.8. The van der Waals surface area contributed by atoms with E-state index in [2.05, 4.69) is 11.1 Å². The number of aryl methyl sites for hydroxylation is 1. The molecule has 11 heteroatoms. The first-order valence-electron chi connectivity index (χ1n) is 8.32. The van der Waals surface area contributed by atoms with Crippen molar-refractivity contribution in [3.05, 3.63) is 55.2 Å². The summed E-state index contributed by atoms with van der Waals surface area (Å²) in [4.78, 5) is 19.2. The van der Waals surface area contributed by atoms with Crippen molar-refractivity contribution in [2.45, 2.75) is 24.8 Å². The van der Waals surface area contributed by atoms with E-state index in [1.165, 1.54) is 17.0 Å². The van der Waals surface area contributed by atoms with Gasteiger partial charge in [0.05, 0.1) is 26.2 Å². The van der Waals surface area contributed by atoms with Gasteiger partial charge in [-0.3, -0.25) is 10.1 Å². The number of non-ortho nitro benzene ring substituents is 1. The van der Waals surface area contributed by atoms with E-state index in [4.69, 9.17) is 5.14 Å². The molecule has 4 rings (SSSR count). The summed E-state index contributed by atoms with van der Waals surface area (Å²) in [5.41, 5.74) is 2.11. The third kappa shape index (κ3) is 3.53. The highest BCUT2D eigenvalue weighted by Gasteiger charge is 2.26. The second kappa shape index (κ2) is 6.92. The number of thiazole rings is 1. The Kier molecular flexibility index (Phi) is 4.70. The molecule has 0 fully saturated rings. The molecule has 28 heavy (non-hydrogen) atoms. The Balaban J connectivity index is 1.72. The summed E-state index contributed by atoms with van der Waals surface area (Å²) in [6, 6.07) is 5.71. The van der Waals surface area contributed by atoms with Crippen molar-refractivity contribution in [1.29, 1.82) is 0 Å². The van der Waals surface area contributed by atoms with Gasteiger partial charge in [0, 0.05) is 35.5 Å². The predicted octanol–water partition coefficient (Wildman–Crippen LogP) is 3.30. The predicted molar refractivity (Wildman–Crippen MR) is 109 cm³/mol. The van der Waals surface area contributed by atoms with Crippen LogP contribution in [0.3, 0.4) is 0 Å². The molecule has 0 amide bonds. The Labute approximate surface area is 169 Å². The van der Waals surface area contributed by atoms with E-state index in [1.54, 1.807) is 22.7 Å². The van der Waals surface area contributed by atoms with Crippen LogP contribution >= 0.6 is 22.7 Å². The maximum Gasteiger partial charge on any atom is 0.271 e. The summed E-state index contributed by atoms with van der Waals surface area (Å²) >= 11 is 3.28. The number of nitrogens with zero attached hydrogens (tertiary/aromatic N) is 3. The first-order chi connectivity index (χ1) is 13.2. The molecule has 1 aromatic carbocycles. The zero-order valence-corrected chi connectivity index (χ0v) is 17.2. The molecule has 0 unspecified atom stereocenters. The number of nitro groups is 1. The molecule has 1 aliphatic heterocycles. The number of fused-ring (bicyclic) bond motifs is 1. The van der Waals surface area contributed by atoms with Crippen LogP contribution in [0.4, 0.5) is 11.4 Å². The van der Waals surface area contributed by atoms with Gasteiger partial charge < -0.3 is 4.90 Å². The van der Waals surface area contributed by atoms with E-state index in [0.29, 0.717) is 13.1 Å². The van der Waals surface area contributed by atoms with Crippen molar-refractivity contribution < 1.29 is 13.3 Å². The lowest BCUT2D eigenvalue weighted by molar-refractivity contribution is -0.384. The van der Waals surface area contributed by atoms with Crippen LogP contribution in [0, 0.1) is 17.0 Å². The molecule has 3 heterocycles. The van der Waals surface area contributed by atoms with E-state index in [1.807, 2.05) is 17.2 Å². The minimum atomic E-state index is -4.01. The molecule has 8 nitrogen and oxygen atoms in total. The van der Waals surface area contributed by atoms with Crippen molar-refractivity contribution in [2.75, 3.05) is 11.4 Å². The van der Waals surface area contributed by atoms with Crippen molar-refractivity contribution in [1.82, 2.24) is 4.98 Å². The number of anilines is 1.